The third-order valence-electron chi connectivity index (χ3n) is 6.11. The number of rotatable bonds is 3. The number of H-pyrrole nitrogens is 1. The number of carbonyl (C=O) groups is 1. The van der Waals surface area contributed by atoms with E-state index in [-0.39, 0.29) is 5.91 Å². The maximum Gasteiger partial charge on any atom is 0.253 e. The Balaban J connectivity index is 1.41. The molecule has 31 heavy (non-hydrogen) atoms. The van der Waals surface area contributed by atoms with Crippen LogP contribution in [0, 0.1) is 0 Å². The number of hydrogen-bond acceptors (Lipinski definition) is 6. The summed E-state index contributed by atoms with van der Waals surface area (Å²) in [7, 11) is 4.04. The number of morpholine rings is 1. The second-order valence-corrected chi connectivity index (χ2v) is 8.34. The molecule has 1 saturated heterocycles. The Morgan fingerprint density at radius 2 is 1.87 bits per heavy atom. The molecule has 0 unspecified atom stereocenters. The summed E-state index contributed by atoms with van der Waals surface area (Å²) in [5, 5.41) is 1.06. The number of amides is 1. The van der Waals surface area contributed by atoms with Gasteiger partial charge in [0.1, 0.15) is 5.82 Å². The lowest BCUT2D eigenvalue weighted by Crippen LogP contribution is -2.38. The quantitative estimate of drug-likeness (QED) is 0.699. The summed E-state index contributed by atoms with van der Waals surface area (Å²) in [4.78, 5) is 32.4. The smallest absolute Gasteiger partial charge is 0.253 e. The van der Waals surface area contributed by atoms with Crippen LogP contribution in [-0.2, 0) is 17.6 Å². The molecule has 5 rings (SSSR count). The van der Waals surface area contributed by atoms with Crippen LogP contribution in [0.2, 0.25) is 0 Å². The first-order valence-electron chi connectivity index (χ1n) is 10.9. The largest absolute Gasteiger partial charge is 0.378 e. The minimum atomic E-state index is 0.0728. The number of ether oxygens (including phenoxy) is 1. The van der Waals surface area contributed by atoms with Crippen LogP contribution in [0.1, 0.15) is 21.6 Å². The predicted octanol–water partition coefficient (Wildman–Crippen LogP) is 2.10. The van der Waals surface area contributed by atoms with E-state index in [2.05, 4.69) is 14.8 Å². The Bertz CT molecular complexity index is 1100. The van der Waals surface area contributed by atoms with Crippen LogP contribution in [0.15, 0.2) is 30.5 Å². The summed E-state index contributed by atoms with van der Waals surface area (Å²) in [5.74, 6) is 1.79. The average Bonchev–Trinajstić information content (AvgIpc) is 3.16. The molecular formula is C23H28N6O2. The molecule has 162 valence electrons. The van der Waals surface area contributed by atoms with Crippen molar-refractivity contribution in [3.63, 3.8) is 0 Å². The highest BCUT2D eigenvalue weighted by atomic mass is 16.5. The zero-order valence-corrected chi connectivity index (χ0v) is 18.1. The number of aromatic nitrogens is 3. The molecule has 0 atom stereocenters. The number of fused-ring (bicyclic) bond motifs is 2. The maximum atomic E-state index is 13.2. The topological polar surface area (TPSA) is 77.6 Å². The van der Waals surface area contributed by atoms with Gasteiger partial charge in [-0.1, -0.05) is 0 Å². The standard InChI is InChI=1S/C23H28N6O2/c1-27(2)21-18-6-9-28(22(30)17-3-4-19-16(15-17)5-8-24-19)10-7-20(18)25-23(26-21)29-11-13-31-14-12-29/h3-5,8,15,24H,6-7,9-14H2,1-2H3. The molecule has 1 amide bonds. The molecule has 0 radical (unpaired) electrons. The van der Waals surface area contributed by atoms with Crippen molar-refractivity contribution in [1.82, 2.24) is 19.9 Å². The monoisotopic (exact) mass is 420 g/mol. The number of carbonyl (C=O) groups excluding carboxylic acids is 1. The molecule has 1 fully saturated rings. The minimum absolute atomic E-state index is 0.0728. The van der Waals surface area contributed by atoms with Gasteiger partial charge < -0.3 is 24.4 Å². The lowest BCUT2D eigenvalue weighted by atomic mass is 10.1. The Hall–Kier alpha value is -3.13. The Morgan fingerprint density at radius 3 is 2.68 bits per heavy atom. The number of aromatic amines is 1. The molecule has 0 saturated carbocycles. The predicted molar refractivity (Wildman–Crippen MR) is 121 cm³/mol. The van der Waals surface area contributed by atoms with Crippen LogP contribution < -0.4 is 9.80 Å². The molecule has 1 N–H and O–H groups in total. The molecule has 2 aliphatic heterocycles. The van der Waals surface area contributed by atoms with E-state index >= 15 is 0 Å². The molecule has 0 aliphatic carbocycles. The van der Waals surface area contributed by atoms with E-state index in [4.69, 9.17) is 14.7 Å². The second kappa shape index (κ2) is 8.19. The van der Waals surface area contributed by atoms with Crippen LogP contribution in [-0.4, -0.2) is 79.2 Å². The van der Waals surface area contributed by atoms with Crippen molar-refractivity contribution < 1.29 is 9.53 Å². The molecule has 0 bridgehead atoms. The Morgan fingerprint density at radius 1 is 1.06 bits per heavy atom. The first kappa shape index (κ1) is 19.8. The van der Waals surface area contributed by atoms with E-state index in [0.29, 0.717) is 26.3 Å². The van der Waals surface area contributed by atoms with Crippen molar-refractivity contribution in [2.24, 2.45) is 0 Å². The van der Waals surface area contributed by atoms with E-state index in [1.54, 1.807) is 0 Å². The van der Waals surface area contributed by atoms with Crippen molar-refractivity contribution in [3.05, 3.63) is 47.3 Å². The fourth-order valence-corrected chi connectivity index (χ4v) is 4.41. The third-order valence-corrected chi connectivity index (χ3v) is 6.11. The summed E-state index contributed by atoms with van der Waals surface area (Å²) < 4.78 is 5.48. The fourth-order valence-electron chi connectivity index (χ4n) is 4.41. The van der Waals surface area contributed by atoms with Crippen LogP contribution in [0.5, 0.6) is 0 Å². The molecular weight excluding hydrogens is 392 g/mol. The molecule has 3 aromatic rings. The zero-order chi connectivity index (χ0) is 21.4. The Labute approximate surface area is 181 Å². The fraction of sp³-hybridized carbons (Fsp3) is 0.435. The lowest BCUT2D eigenvalue weighted by Gasteiger charge is -2.28. The van der Waals surface area contributed by atoms with E-state index in [1.165, 1.54) is 0 Å². The van der Waals surface area contributed by atoms with E-state index < -0.39 is 0 Å². The summed E-state index contributed by atoms with van der Waals surface area (Å²) in [6.07, 6.45) is 3.38. The average molecular weight is 421 g/mol. The lowest BCUT2D eigenvalue weighted by molar-refractivity contribution is 0.0763. The summed E-state index contributed by atoms with van der Waals surface area (Å²) in [6.45, 7) is 4.33. The number of hydrogen-bond donors (Lipinski definition) is 1. The molecule has 8 nitrogen and oxygen atoms in total. The highest BCUT2D eigenvalue weighted by molar-refractivity contribution is 5.98. The molecule has 1 aromatic carbocycles. The van der Waals surface area contributed by atoms with E-state index in [9.17, 15) is 4.79 Å². The van der Waals surface area contributed by atoms with Gasteiger partial charge in [0, 0.05) is 74.9 Å². The van der Waals surface area contributed by atoms with E-state index in [0.717, 1.165) is 65.4 Å². The normalized spacial score (nSPS) is 16.8. The molecule has 2 aromatic heterocycles. The van der Waals surface area contributed by atoms with Crippen LogP contribution in [0.25, 0.3) is 10.9 Å². The van der Waals surface area contributed by atoms with Crippen molar-refractivity contribution in [2.45, 2.75) is 12.8 Å². The van der Waals surface area contributed by atoms with Gasteiger partial charge in [0.25, 0.3) is 5.91 Å². The SMILES string of the molecule is CN(C)c1nc(N2CCOCC2)nc2c1CCN(C(=O)c1ccc3[nH]ccc3c1)CC2. The van der Waals surface area contributed by atoms with Gasteiger partial charge in [-0.15, -0.1) is 0 Å². The summed E-state index contributed by atoms with van der Waals surface area (Å²) >= 11 is 0. The molecule has 0 spiro atoms. The molecule has 2 aliphatic rings. The van der Waals surface area contributed by atoms with Crippen LogP contribution >= 0.6 is 0 Å². The van der Waals surface area contributed by atoms with Gasteiger partial charge in [0.2, 0.25) is 5.95 Å². The van der Waals surface area contributed by atoms with Crippen molar-refractivity contribution in [1.29, 1.82) is 0 Å². The van der Waals surface area contributed by atoms with Crippen LogP contribution in [0.4, 0.5) is 11.8 Å². The first-order valence-corrected chi connectivity index (χ1v) is 10.9. The van der Waals surface area contributed by atoms with E-state index in [1.807, 2.05) is 49.5 Å². The number of nitrogens with one attached hydrogen (secondary N) is 1. The van der Waals surface area contributed by atoms with Crippen molar-refractivity contribution >= 4 is 28.6 Å². The van der Waals surface area contributed by atoms with Crippen molar-refractivity contribution in [3.8, 4) is 0 Å². The van der Waals surface area contributed by atoms with Gasteiger partial charge in [0.05, 0.1) is 18.9 Å². The third kappa shape index (κ3) is 3.83. The number of benzene rings is 1. The minimum Gasteiger partial charge on any atom is -0.378 e. The van der Waals surface area contributed by atoms with Gasteiger partial charge in [-0.2, -0.15) is 4.98 Å². The van der Waals surface area contributed by atoms with Gasteiger partial charge in [-0.25, -0.2) is 4.98 Å². The molecule has 8 heteroatoms. The van der Waals surface area contributed by atoms with Gasteiger partial charge in [-0.05, 0) is 30.7 Å². The maximum absolute atomic E-state index is 13.2. The Kier molecular flexibility index (Phi) is 5.23. The van der Waals surface area contributed by atoms with Crippen LogP contribution in [0.3, 0.4) is 0 Å². The zero-order valence-electron chi connectivity index (χ0n) is 18.1. The molecule has 4 heterocycles. The summed E-state index contributed by atoms with van der Waals surface area (Å²) in [6, 6.07) is 7.84. The van der Waals surface area contributed by atoms with Crippen molar-refractivity contribution in [2.75, 3.05) is 63.3 Å². The first-order chi connectivity index (χ1) is 15.1. The number of nitrogens with zero attached hydrogens (tertiary/aromatic N) is 5. The van der Waals surface area contributed by atoms with Gasteiger partial charge in [-0.3, -0.25) is 4.79 Å². The van der Waals surface area contributed by atoms with Gasteiger partial charge in [0.15, 0.2) is 0 Å². The highest BCUT2D eigenvalue weighted by Crippen LogP contribution is 2.27. The number of anilines is 2. The highest BCUT2D eigenvalue weighted by Gasteiger charge is 2.26. The van der Waals surface area contributed by atoms with Gasteiger partial charge >= 0.3 is 0 Å². The summed E-state index contributed by atoms with van der Waals surface area (Å²) in [5.41, 5.74) is 3.97. The second-order valence-electron chi connectivity index (χ2n) is 8.34.